The molecule has 21 heavy (non-hydrogen) atoms. The summed E-state index contributed by atoms with van der Waals surface area (Å²) in [5, 5.41) is 0.833. The van der Waals surface area contributed by atoms with Crippen molar-refractivity contribution in [3.63, 3.8) is 0 Å². The highest BCUT2D eigenvalue weighted by Gasteiger charge is 2.43. The first-order valence-electron chi connectivity index (χ1n) is 6.47. The number of hydrogen-bond acceptors (Lipinski definition) is 5. The van der Waals surface area contributed by atoms with Crippen molar-refractivity contribution in [2.24, 2.45) is 0 Å². The van der Waals surface area contributed by atoms with Crippen molar-refractivity contribution in [1.82, 2.24) is 0 Å². The fourth-order valence-corrected chi connectivity index (χ4v) is 4.37. The van der Waals surface area contributed by atoms with E-state index >= 15 is 0 Å². The van der Waals surface area contributed by atoms with E-state index in [-0.39, 0.29) is 0 Å². The van der Waals surface area contributed by atoms with Crippen LogP contribution in [0.15, 0.2) is 42.5 Å². The predicted molar refractivity (Wildman–Crippen MR) is 87.1 cm³/mol. The van der Waals surface area contributed by atoms with Crippen molar-refractivity contribution in [2.45, 2.75) is 0 Å². The van der Waals surface area contributed by atoms with Crippen LogP contribution in [0.1, 0.15) is 0 Å². The average molecular weight is 304 g/mol. The summed E-state index contributed by atoms with van der Waals surface area (Å²) >= 11 is 0. The zero-order valence-corrected chi connectivity index (χ0v) is 13.4. The Bertz CT molecular complexity index is 605. The van der Waals surface area contributed by atoms with Crippen molar-refractivity contribution >= 4 is 25.4 Å². The lowest BCUT2D eigenvalue weighted by atomic mass is 10.0. The van der Waals surface area contributed by atoms with Gasteiger partial charge in [-0.15, -0.1) is 0 Å². The molecule has 0 aliphatic heterocycles. The Labute approximate surface area is 125 Å². The lowest BCUT2D eigenvalue weighted by molar-refractivity contribution is 0.140. The van der Waals surface area contributed by atoms with Crippen molar-refractivity contribution in [3.8, 4) is 11.1 Å². The van der Waals surface area contributed by atoms with E-state index in [9.17, 15) is 0 Å². The maximum Gasteiger partial charge on any atom is 0.537 e. The van der Waals surface area contributed by atoms with E-state index in [4.69, 9.17) is 24.7 Å². The molecule has 0 atom stereocenters. The molecule has 0 aliphatic carbocycles. The second kappa shape index (κ2) is 6.27. The van der Waals surface area contributed by atoms with Crippen LogP contribution in [0, 0.1) is 0 Å². The molecule has 0 aromatic heterocycles. The number of rotatable bonds is 5. The zero-order valence-electron chi connectivity index (χ0n) is 12.4. The van der Waals surface area contributed by atoms with Crippen LogP contribution >= 0.6 is 0 Å². The minimum Gasteiger partial charge on any atom is -0.399 e. The van der Waals surface area contributed by atoms with Gasteiger partial charge in [-0.05, 0) is 35.4 Å². The molecule has 2 aromatic carbocycles. The number of nitrogens with two attached hydrogens (primary N) is 2. The molecule has 0 amide bonds. The fraction of sp³-hybridized carbons (Fsp3) is 0.200. The molecule has 0 unspecified atom stereocenters. The summed E-state index contributed by atoms with van der Waals surface area (Å²) in [5.74, 6) is 0. The molecule has 4 N–H and O–H groups in total. The van der Waals surface area contributed by atoms with E-state index in [0.717, 1.165) is 16.3 Å². The van der Waals surface area contributed by atoms with Crippen LogP contribution in [0.25, 0.3) is 11.1 Å². The quantitative estimate of drug-likeness (QED) is 0.648. The summed E-state index contributed by atoms with van der Waals surface area (Å²) < 4.78 is 16.7. The van der Waals surface area contributed by atoms with Gasteiger partial charge in [0.25, 0.3) is 0 Å². The normalized spacial score (nSPS) is 11.6. The zero-order chi connectivity index (χ0) is 15.5. The molecule has 6 heteroatoms. The van der Waals surface area contributed by atoms with Gasteiger partial charge in [0.15, 0.2) is 0 Å². The van der Waals surface area contributed by atoms with Gasteiger partial charge in [0.2, 0.25) is 0 Å². The molecular formula is C15H20N2O3Si. The van der Waals surface area contributed by atoms with Gasteiger partial charge < -0.3 is 24.7 Å². The Hall–Kier alpha value is -1.86. The molecule has 0 heterocycles. The number of benzene rings is 2. The van der Waals surface area contributed by atoms with Crippen LogP contribution < -0.4 is 16.7 Å². The molecule has 0 aliphatic rings. The van der Waals surface area contributed by atoms with E-state index in [1.165, 1.54) is 0 Å². The Morgan fingerprint density at radius 1 is 0.762 bits per heavy atom. The van der Waals surface area contributed by atoms with E-state index in [0.29, 0.717) is 11.4 Å². The molecule has 0 fully saturated rings. The van der Waals surface area contributed by atoms with Crippen LogP contribution in [-0.4, -0.2) is 30.1 Å². The molecule has 0 radical (unpaired) electrons. The van der Waals surface area contributed by atoms with Crippen LogP contribution in [0.5, 0.6) is 0 Å². The molecule has 0 bridgehead atoms. The Kier molecular flexibility index (Phi) is 4.64. The summed E-state index contributed by atoms with van der Waals surface area (Å²) in [7, 11) is 1.76. The first-order chi connectivity index (χ1) is 10.1. The van der Waals surface area contributed by atoms with Crippen molar-refractivity contribution in [1.29, 1.82) is 0 Å². The van der Waals surface area contributed by atoms with E-state index in [2.05, 4.69) is 0 Å². The highest BCUT2D eigenvalue weighted by Crippen LogP contribution is 2.24. The van der Waals surface area contributed by atoms with Crippen molar-refractivity contribution in [3.05, 3.63) is 42.5 Å². The molecular weight excluding hydrogens is 284 g/mol. The third kappa shape index (κ3) is 2.93. The Morgan fingerprint density at radius 3 is 1.81 bits per heavy atom. The second-order valence-corrected chi connectivity index (χ2v) is 7.47. The van der Waals surface area contributed by atoms with Gasteiger partial charge in [0, 0.05) is 37.9 Å². The topological polar surface area (TPSA) is 79.7 Å². The van der Waals surface area contributed by atoms with Gasteiger partial charge in [-0.3, -0.25) is 0 Å². The van der Waals surface area contributed by atoms with Gasteiger partial charge >= 0.3 is 8.80 Å². The third-order valence-electron chi connectivity index (χ3n) is 3.40. The fourth-order valence-electron chi connectivity index (χ4n) is 2.31. The van der Waals surface area contributed by atoms with Gasteiger partial charge in [0.05, 0.1) is 0 Å². The molecule has 0 saturated heterocycles. The van der Waals surface area contributed by atoms with Gasteiger partial charge in [-0.25, -0.2) is 0 Å². The van der Waals surface area contributed by atoms with Gasteiger partial charge in [-0.1, -0.05) is 18.2 Å². The molecule has 112 valence electrons. The average Bonchev–Trinajstić information content (AvgIpc) is 2.51. The van der Waals surface area contributed by atoms with Crippen LogP contribution in [0.2, 0.25) is 0 Å². The van der Waals surface area contributed by atoms with E-state index < -0.39 is 8.80 Å². The first kappa shape index (κ1) is 15.5. The number of nitrogen functional groups attached to an aromatic ring is 2. The summed E-state index contributed by atoms with van der Waals surface area (Å²) in [5.41, 5.74) is 15.0. The lowest BCUT2D eigenvalue weighted by Gasteiger charge is -2.27. The van der Waals surface area contributed by atoms with Crippen molar-refractivity contribution in [2.75, 3.05) is 32.8 Å². The minimum absolute atomic E-state index is 0.632. The maximum atomic E-state index is 5.93. The summed E-state index contributed by atoms with van der Waals surface area (Å²) in [6.45, 7) is 0. The number of hydrogen-bond donors (Lipinski definition) is 2. The van der Waals surface area contributed by atoms with E-state index in [1.807, 2.05) is 42.5 Å². The van der Waals surface area contributed by atoms with Crippen molar-refractivity contribution < 1.29 is 13.3 Å². The second-order valence-electron chi connectivity index (χ2n) is 4.60. The minimum atomic E-state index is -2.98. The molecule has 0 saturated carbocycles. The highest BCUT2D eigenvalue weighted by molar-refractivity contribution is 6.76. The summed E-state index contributed by atoms with van der Waals surface area (Å²) in [4.78, 5) is 0. The van der Waals surface area contributed by atoms with E-state index in [1.54, 1.807) is 21.3 Å². The third-order valence-corrected chi connectivity index (χ3v) is 6.09. The first-order valence-corrected chi connectivity index (χ1v) is 8.20. The molecule has 0 spiro atoms. The van der Waals surface area contributed by atoms with Crippen LogP contribution in [0.4, 0.5) is 11.4 Å². The smallest absolute Gasteiger partial charge is 0.399 e. The largest absolute Gasteiger partial charge is 0.537 e. The Balaban J connectivity index is 2.64. The van der Waals surface area contributed by atoms with Crippen LogP contribution in [-0.2, 0) is 13.3 Å². The monoisotopic (exact) mass is 304 g/mol. The SMILES string of the molecule is CO[Si](OC)(OC)c1cc(N)ccc1-c1ccc(N)cc1. The molecule has 2 aromatic rings. The highest BCUT2D eigenvalue weighted by atomic mass is 28.4. The predicted octanol–water partition coefficient (Wildman–Crippen LogP) is 1.60. The lowest BCUT2D eigenvalue weighted by Crippen LogP contribution is -2.55. The summed E-state index contributed by atoms with van der Waals surface area (Å²) in [6.07, 6.45) is 0. The maximum absolute atomic E-state index is 5.93. The van der Waals surface area contributed by atoms with Gasteiger partial charge in [-0.2, -0.15) is 0 Å². The Morgan fingerprint density at radius 2 is 1.29 bits per heavy atom. The summed E-state index contributed by atoms with van der Waals surface area (Å²) in [6, 6.07) is 13.2. The number of anilines is 2. The standard InChI is InChI=1S/C15H20N2O3Si/c1-18-21(19-2,20-3)15-10-13(17)8-9-14(15)11-4-6-12(16)7-5-11/h4-10H,16-17H2,1-3H3. The van der Waals surface area contributed by atoms with Crippen LogP contribution in [0.3, 0.4) is 0 Å². The van der Waals surface area contributed by atoms with Gasteiger partial charge in [0.1, 0.15) is 0 Å². The molecule has 5 nitrogen and oxygen atoms in total. The molecule has 2 rings (SSSR count).